The summed E-state index contributed by atoms with van der Waals surface area (Å²) < 4.78 is 0. The van der Waals surface area contributed by atoms with Crippen LogP contribution in [0.5, 0.6) is 0 Å². The second-order valence-electron chi connectivity index (χ2n) is 11.2. The highest BCUT2D eigenvalue weighted by Gasteiger charge is 2.33. The van der Waals surface area contributed by atoms with Gasteiger partial charge in [-0.25, -0.2) is 15.1 Å². The minimum atomic E-state index is -0.856. The first-order valence-corrected chi connectivity index (χ1v) is 14.8. The monoisotopic (exact) mass is 563 g/mol. The number of amides is 2. The van der Waals surface area contributed by atoms with E-state index in [9.17, 15) is 24.5 Å². The van der Waals surface area contributed by atoms with Crippen LogP contribution in [0.1, 0.15) is 110 Å². The van der Waals surface area contributed by atoms with Gasteiger partial charge in [-0.15, -0.1) is 0 Å². The average molecular weight is 564 g/mol. The molecule has 226 valence electrons. The quantitative estimate of drug-likeness (QED) is 0.0407. The Morgan fingerprint density at radius 1 is 1.05 bits per heavy atom. The molecule has 0 aromatic carbocycles. The van der Waals surface area contributed by atoms with Crippen molar-refractivity contribution in [2.24, 2.45) is 28.5 Å². The maximum atomic E-state index is 13.6. The number of rotatable bonds is 21. The summed E-state index contributed by atoms with van der Waals surface area (Å²) in [6.07, 6.45) is 13.5. The molecule has 3 atom stereocenters. The van der Waals surface area contributed by atoms with E-state index in [1.165, 1.54) is 0 Å². The fourth-order valence-electron chi connectivity index (χ4n) is 5.33. The first kappa shape index (κ1) is 34.8. The molecule has 0 aliphatic heterocycles. The van der Waals surface area contributed by atoms with Gasteiger partial charge < -0.3 is 21.2 Å². The smallest absolute Gasteiger partial charge is 0.251 e. The molecule has 0 spiro atoms. The topological polar surface area (TPSA) is 193 Å². The molecule has 40 heavy (non-hydrogen) atoms. The number of aliphatic imine (C=N–C) groups is 1. The molecule has 0 saturated heterocycles. The summed E-state index contributed by atoms with van der Waals surface area (Å²) >= 11 is 0. The van der Waals surface area contributed by atoms with Crippen LogP contribution in [-0.2, 0) is 14.4 Å². The minimum Gasteiger partial charge on any atom is -0.365 e. The van der Waals surface area contributed by atoms with Gasteiger partial charge in [0.1, 0.15) is 12.3 Å². The van der Waals surface area contributed by atoms with E-state index >= 15 is 0 Å². The maximum absolute atomic E-state index is 13.6. The van der Waals surface area contributed by atoms with Gasteiger partial charge in [0.15, 0.2) is 5.03 Å². The van der Waals surface area contributed by atoms with Crippen LogP contribution < -0.4 is 21.8 Å². The van der Waals surface area contributed by atoms with Crippen LogP contribution in [-0.4, -0.2) is 47.7 Å². The summed E-state index contributed by atoms with van der Waals surface area (Å²) in [4.78, 5) is 52.7. The summed E-state index contributed by atoms with van der Waals surface area (Å²) in [5, 5.41) is 24.1. The number of carbonyl (C=O) groups excluding carboxylic acids is 3. The summed E-state index contributed by atoms with van der Waals surface area (Å²) in [6, 6.07) is 0.667. The predicted octanol–water partition coefficient (Wildman–Crippen LogP) is 3.53. The highest BCUT2D eigenvalue weighted by atomic mass is 16.7. The number of nitrogens with one attached hydrogen (secondary N) is 3. The van der Waals surface area contributed by atoms with Crippen LogP contribution in [0.3, 0.4) is 0 Å². The van der Waals surface area contributed by atoms with Crippen LogP contribution in [0.4, 0.5) is 0 Å². The van der Waals surface area contributed by atoms with E-state index in [1.54, 1.807) is 5.43 Å². The Morgan fingerprint density at radius 3 is 2.30 bits per heavy atom. The summed E-state index contributed by atoms with van der Waals surface area (Å²) in [5.74, 6) is -0.570. The lowest BCUT2D eigenvalue weighted by Gasteiger charge is -2.27. The van der Waals surface area contributed by atoms with Gasteiger partial charge in [0, 0.05) is 18.9 Å². The van der Waals surface area contributed by atoms with E-state index in [4.69, 9.17) is 11.0 Å². The van der Waals surface area contributed by atoms with Gasteiger partial charge in [-0.1, -0.05) is 64.2 Å². The van der Waals surface area contributed by atoms with Crippen molar-refractivity contribution in [3.05, 3.63) is 10.1 Å². The molecule has 1 unspecified atom stereocenters. The lowest BCUT2D eigenvalue weighted by atomic mass is 9.85. The van der Waals surface area contributed by atoms with Crippen molar-refractivity contribution in [2.75, 3.05) is 6.54 Å². The van der Waals surface area contributed by atoms with Crippen LogP contribution in [0, 0.1) is 39.2 Å². The molecule has 0 radical (unpaired) electrons. The van der Waals surface area contributed by atoms with Crippen molar-refractivity contribution in [1.82, 2.24) is 16.1 Å². The van der Waals surface area contributed by atoms with Crippen molar-refractivity contribution in [2.45, 2.75) is 122 Å². The molecule has 0 aromatic rings. The molecule has 2 amide bonds. The molecule has 12 nitrogen and oxygen atoms in total. The molecule has 12 heteroatoms. The van der Waals surface area contributed by atoms with Crippen LogP contribution in [0.25, 0.3) is 0 Å². The fourth-order valence-corrected chi connectivity index (χ4v) is 5.33. The Hall–Kier alpha value is -3.23. The maximum Gasteiger partial charge on any atom is 0.251 e. The second kappa shape index (κ2) is 20.6. The molecule has 5 N–H and O–H groups in total. The SMILES string of the molecule is CC(C)C[C@@H](C=O)NC(=O)[C@@H](CCCN=C(N)N[N+](=O)[O-])NC(=O)C(CCCCCCCCC#N)C1CCCC1. The lowest BCUT2D eigenvalue weighted by Crippen LogP contribution is -2.52. The van der Waals surface area contributed by atoms with Gasteiger partial charge in [0.2, 0.25) is 11.8 Å². The standard InChI is InChI=1S/C28H49N7O5/c1-21(2)19-23(20-36)32-27(38)25(16-12-18-31-28(30)34-35(39)40)33-26(37)24(22-13-9-10-14-22)15-8-6-4-3-5-7-11-17-29/h20-25H,3-16,18-19H2,1-2H3,(H,32,38)(H,33,37)(H3,30,31,34)/t23-,24?,25+/m0/s1. The Morgan fingerprint density at radius 2 is 1.70 bits per heavy atom. The molecule has 0 aromatic heterocycles. The van der Waals surface area contributed by atoms with E-state index in [0.29, 0.717) is 31.5 Å². The van der Waals surface area contributed by atoms with Crippen molar-refractivity contribution < 1.29 is 19.4 Å². The molecule has 1 fully saturated rings. The second-order valence-corrected chi connectivity index (χ2v) is 11.2. The number of hydrazine groups is 1. The third kappa shape index (κ3) is 15.4. The van der Waals surface area contributed by atoms with Gasteiger partial charge in [0.05, 0.1) is 12.1 Å². The number of guanidine groups is 1. The minimum absolute atomic E-state index is 0.134. The van der Waals surface area contributed by atoms with Gasteiger partial charge >= 0.3 is 0 Å². The Kier molecular flexibility index (Phi) is 18.0. The average Bonchev–Trinajstić information content (AvgIpc) is 3.42. The zero-order valence-electron chi connectivity index (χ0n) is 24.2. The van der Waals surface area contributed by atoms with Gasteiger partial charge in [-0.2, -0.15) is 5.26 Å². The lowest BCUT2D eigenvalue weighted by molar-refractivity contribution is -0.525. The first-order valence-electron chi connectivity index (χ1n) is 14.8. The van der Waals surface area contributed by atoms with E-state index in [-0.39, 0.29) is 36.7 Å². The number of nitriles is 1. The highest BCUT2D eigenvalue weighted by Crippen LogP contribution is 2.34. The van der Waals surface area contributed by atoms with Gasteiger partial charge in [-0.3, -0.25) is 9.59 Å². The molecule has 1 aliphatic rings. The summed E-state index contributed by atoms with van der Waals surface area (Å²) in [6.45, 7) is 4.06. The van der Waals surface area contributed by atoms with Crippen molar-refractivity contribution in [3.63, 3.8) is 0 Å². The van der Waals surface area contributed by atoms with E-state index in [0.717, 1.165) is 70.6 Å². The zero-order valence-corrected chi connectivity index (χ0v) is 24.2. The van der Waals surface area contributed by atoms with Crippen molar-refractivity contribution in [1.29, 1.82) is 5.26 Å². The number of unbranched alkanes of at least 4 members (excludes halogenated alkanes) is 6. The number of nitro groups is 1. The predicted molar refractivity (Wildman–Crippen MR) is 153 cm³/mol. The van der Waals surface area contributed by atoms with Crippen molar-refractivity contribution in [3.8, 4) is 6.07 Å². The number of aldehydes is 1. The van der Waals surface area contributed by atoms with Crippen LogP contribution in [0.2, 0.25) is 0 Å². The zero-order chi connectivity index (χ0) is 29.8. The van der Waals surface area contributed by atoms with Crippen LogP contribution in [0.15, 0.2) is 4.99 Å². The van der Waals surface area contributed by atoms with E-state index in [2.05, 4.69) is 21.7 Å². The third-order valence-corrected chi connectivity index (χ3v) is 7.35. The normalized spacial score (nSPS) is 16.1. The van der Waals surface area contributed by atoms with Gasteiger partial charge in [-0.05, 0) is 56.8 Å². The third-order valence-electron chi connectivity index (χ3n) is 7.35. The number of carbonyl (C=O) groups is 3. The Balaban J connectivity index is 2.83. The van der Waals surface area contributed by atoms with Crippen LogP contribution >= 0.6 is 0 Å². The molecule has 0 bridgehead atoms. The Labute approximate surface area is 238 Å². The molecule has 1 saturated carbocycles. The van der Waals surface area contributed by atoms with Crippen molar-refractivity contribution >= 4 is 24.1 Å². The highest BCUT2D eigenvalue weighted by molar-refractivity contribution is 5.89. The largest absolute Gasteiger partial charge is 0.365 e. The number of hydrogen-bond acceptors (Lipinski definition) is 7. The van der Waals surface area contributed by atoms with E-state index < -0.39 is 23.0 Å². The number of nitrogens with zero attached hydrogens (tertiary/aromatic N) is 3. The molecule has 1 aliphatic carbocycles. The molecule has 0 heterocycles. The van der Waals surface area contributed by atoms with E-state index in [1.807, 2.05) is 13.8 Å². The molecule has 1 rings (SSSR count). The number of nitrogens with two attached hydrogens (primary N) is 1. The fraction of sp³-hybridized carbons (Fsp3) is 0.821. The molecular weight excluding hydrogens is 514 g/mol. The van der Waals surface area contributed by atoms with Gasteiger partial charge in [0.25, 0.3) is 5.96 Å². The summed E-state index contributed by atoms with van der Waals surface area (Å²) in [7, 11) is 0. The number of hydrogen-bond donors (Lipinski definition) is 4. The molecular formula is C28H49N7O5. The Bertz CT molecular complexity index is 852. The summed E-state index contributed by atoms with van der Waals surface area (Å²) in [5.41, 5.74) is 7.24. The first-order chi connectivity index (χ1) is 19.2.